The highest BCUT2D eigenvalue weighted by Gasteiger charge is 2.17. The van der Waals surface area contributed by atoms with Crippen LogP contribution in [0.2, 0.25) is 0 Å². The van der Waals surface area contributed by atoms with Crippen molar-refractivity contribution in [3.63, 3.8) is 0 Å². The molecule has 1 N–H and O–H groups in total. The molecule has 0 spiro atoms. The highest BCUT2D eigenvalue weighted by molar-refractivity contribution is 7.22. The maximum Gasteiger partial charge on any atom is 0.302 e. The quantitative estimate of drug-likeness (QED) is 0.361. The van der Waals surface area contributed by atoms with E-state index in [0.29, 0.717) is 16.7 Å². The minimum Gasteiger partial charge on any atom is -0.423 e. The van der Waals surface area contributed by atoms with Gasteiger partial charge in [0.25, 0.3) is 5.69 Å². The number of hydrogen-bond acceptors (Lipinski definition) is 7. The van der Waals surface area contributed by atoms with Gasteiger partial charge in [0.1, 0.15) is 5.52 Å². The number of benzene rings is 2. The molecule has 0 aliphatic carbocycles. The Bertz CT molecular complexity index is 1190. The van der Waals surface area contributed by atoms with Crippen molar-refractivity contribution in [2.75, 3.05) is 5.32 Å². The first kappa shape index (κ1) is 17.4. The van der Waals surface area contributed by atoms with Crippen LogP contribution in [0.4, 0.5) is 16.8 Å². The van der Waals surface area contributed by atoms with Crippen LogP contribution in [0.5, 0.6) is 0 Å². The van der Waals surface area contributed by atoms with Gasteiger partial charge < -0.3 is 4.42 Å². The van der Waals surface area contributed by atoms with Crippen molar-refractivity contribution < 1.29 is 9.34 Å². The van der Waals surface area contributed by atoms with Crippen molar-refractivity contribution in [1.29, 1.82) is 0 Å². The van der Waals surface area contributed by atoms with Crippen molar-refractivity contribution in [3.8, 4) is 0 Å². The number of oxazole rings is 1. The molecule has 0 radical (unpaired) electrons. The van der Waals surface area contributed by atoms with Gasteiger partial charge in [0.15, 0.2) is 10.7 Å². The molecular formula is C19H18N4O3S. The molecule has 138 valence electrons. The molecule has 2 aromatic carbocycles. The first-order valence-electron chi connectivity index (χ1n) is 8.44. The monoisotopic (exact) mass is 382 g/mol. The third kappa shape index (κ3) is 3.23. The number of nitro benzene ring substituents is 1. The van der Waals surface area contributed by atoms with E-state index < -0.39 is 4.92 Å². The Hall–Kier alpha value is -3.00. The highest BCUT2D eigenvalue weighted by Crippen LogP contribution is 2.34. The first-order valence-corrected chi connectivity index (χ1v) is 9.26. The summed E-state index contributed by atoms with van der Waals surface area (Å²) in [5.41, 5.74) is 4.23. The van der Waals surface area contributed by atoms with Gasteiger partial charge in [0, 0.05) is 12.1 Å². The van der Waals surface area contributed by atoms with E-state index in [9.17, 15) is 10.1 Å². The van der Waals surface area contributed by atoms with Crippen LogP contribution < -0.4 is 5.32 Å². The molecule has 4 aromatic rings. The predicted octanol–water partition coefficient (Wildman–Crippen LogP) is 5.70. The summed E-state index contributed by atoms with van der Waals surface area (Å²) in [6, 6.07) is 9.39. The molecule has 2 aromatic heterocycles. The van der Waals surface area contributed by atoms with Gasteiger partial charge in [-0.15, -0.1) is 0 Å². The van der Waals surface area contributed by atoms with E-state index in [2.05, 4.69) is 36.1 Å². The van der Waals surface area contributed by atoms with E-state index >= 15 is 0 Å². The maximum atomic E-state index is 11.0. The second-order valence-electron chi connectivity index (χ2n) is 7.46. The van der Waals surface area contributed by atoms with Gasteiger partial charge in [-0.3, -0.25) is 15.4 Å². The zero-order chi connectivity index (χ0) is 19.3. The van der Waals surface area contributed by atoms with Gasteiger partial charge in [-0.1, -0.05) is 38.2 Å². The number of non-ortho nitro benzene ring substituents is 1. The van der Waals surface area contributed by atoms with Crippen LogP contribution in [-0.4, -0.2) is 14.9 Å². The Morgan fingerprint density at radius 2 is 1.96 bits per heavy atom. The Balaban J connectivity index is 1.69. The van der Waals surface area contributed by atoms with E-state index in [4.69, 9.17) is 4.42 Å². The summed E-state index contributed by atoms with van der Waals surface area (Å²) in [5.74, 6) is 0. The van der Waals surface area contributed by atoms with E-state index in [-0.39, 0.29) is 11.1 Å². The smallest absolute Gasteiger partial charge is 0.302 e. The molecule has 2 heterocycles. The molecule has 7 nitrogen and oxygen atoms in total. The number of nitrogens with zero attached hydrogens (tertiary/aromatic N) is 3. The third-order valence-corrected chi connectivity index (χ3v) is 5.27. The van der Waals surface area contributed by atoms with Crippen LogP contribution in [0.25, 0.3) is 21.3 Å². The summed E-state index contributed by atoms with van der Waals surface area (Å²) >= 11 is 1.33. The molecule has 0 unspecified atom stereocenters. The largest absolute Gasteiger partial charge is 0.423 e. The Labute approximate surface area is 159 Å². The van der Waals surface area contributed by atoms with E-state index in [0.717, 1.165) is 21.3 Å². The fraction of sp³-hybridized carbons (Fsp3) is 0.263. The summed E-state index contributed by atoms with van der Waals surface area (Å²) < 4.78 is 6.51. The standard InChI is InChI=1S/C19H18N4O3S/c1-10-7-12(23(24)25)9-15-16(10)21-18(27-15)22-17-20-13-8-11(19(2,3)4)5-6-14(13)26-17/h5-9H,1-4H3,(H,20,21,22). The lowest BCUT2D eigenvalue weighted by Gasteiger charge is -2.18. The Kier molecular flexibility index (Phi) is 3.88. The van der Waals surface area contributed by atoms with Gasteiger partial charge in [-0.25, -0.2) is 4.98 Å². The van der Waals surface area contributed by atoms with Crippen LogP contribution >= 0.6 is 11.3 Å². The number of anilines is 2. The number of nitrogens with one attached hydrogen (secondary N) is 1. The van der Waals surface area contributed by atoms with Crippen molar-refractivity contribution in [2.45, 2.75) is 33.1 Å². The Morgan fingerprint density at radius 1 is 1.19 bits per heavy atom. The molecule has 4 rings (SSSR count). The van der Waals surface area contributed by atoms with Gasteiger partial charge in [0.05, 0.1) is 15.1 Å². The lowest BCUT2D eigenvalue weighted by molar-refractivity contribution is -0.384. The van der Waals surface area contributed by atoms with E-state index in [1.807, 2.05) is 25.1 Å². The van der Waals surface area contributed by atoms with Gasteiger partial charge >= 0.3 is 6.01 Å². The second-order valence-corrected chi connectivity index (χ2v) is 8.49. The molecule has 0 saturated carbocycles. The topological polar surface area (TPSA) is 94.1 Å². The molecule has 0 fully saturated rings. The zero-order valence-corrected chi connectivity index (χ0v) is 16.2. The van der Waals surface area contributed by atoms with Gasteiger partial charge in [-0.2, -0.15) is 4.98 Å². The maximum absolute atomic E-state index is 11.0. The molecular weight excluding hydrogens is 364 g/mol. The van der Waals surface area contributed by atoms with Crippen molar-refractivity contribution in [2.24, 2.45) is 0 Å². The number of nitro groups is 1. The molecule has 0 atom stereocenters. The SMILES string of the molecule is Cc1cc([N+](=O)[O-])cc2sc(Nc3nc4cc(C(C)(C)C)ccc4o3)nc12. The van der Waals surface area contributed by atoms with E-state index in [1.165, 1.54) is 29.0 Å². The third-order valence-electron chi connectivity index (χ3n) is 4.35. The minimum atomic E-state index is -0.396. The fourth-order valence-electron chi connectivity index (χ4n) is 2.88. The predicted molar refractivity (Wildman–Crippen MR) is 107 cm³/mol. The highest BCUT2D eigenvalue weighted by atomic mass is 32.1. The van der Waals surface area contributed by atoms with Crippen molar-refractivity contribution in [1.82, 2.24) is 9.97 Å². The van der Waals surface area contributed by atoms with Crippen LogP contribution in [0, 0.1) is 17.0 Å². The van der Waals surface area contributed by atoms with Crippen molar-refractivity contribution >= 4 is 49.5 Å². The lowest BCUT2D eigenvalue weighted by atomic mass is 9.87. The summed E-state index contributed by atoms with van der Waals surface area (Å²) in [6.45, 7) is 8.26. The average Bonchev–Trinajstić information content (AvgIpc) is 3.16. The number of aromatic nitrogens is 2. The minimum absolute atomic E-state index is 0.0278. The molecule has 0 bridgehead atoms. The van der Waals surface area contributed by atoms with E-state index in [1.54, 1.807) is 0 Å². The molecule has 0 aliphatic heterocycles. The summed E-state index contributed by atoms with van der Waals surface area (Å²) in [6.07, 6.45) is 0. The number of thiazole rings is 1. The van der Waals surface area contributed by atoms with Crippen LogP contribution in [0.3, 0.4) is 0 Å². The summed E-state index contributed by atoms with van der Waals surface area (Å²) in [5, 5.41) is 14.7. The molecule has 0 saturated heterocycles. The van der Waals surface area contributed by atoms with Crippen molar-refractivity contribution in [3.05, 3.63) is 51.6 Å². The molecule has 0 aliphatic rings. The normalized spacial score (nSPS) is 12.0. The zero-order valence-electron chi connectivity index (χ0n) is 15.4. The van der Waals surface area contributed by atoms with Gasteiger partial charge in [0.2, 0.25) is 0 Å². The number of rotatable bonds is 3. The average molecular weight is 382 g/mol. The number of aryl methyl sites for hydroxylation is 1. The molecule has 8 heteroatoms. The Morgan fingerprint density at radius 3 is 2.67 bits per heavy atom. The number of hydrogen-bond donors (Lipinski definition) is 1. The molecule has 27 heavy (non-hydrogen) atoms. The first-order chi connectivity index (χ1) is 12.7. The molecule has 0 amide bonds. The fourth-order valence-corrected chi connectivity index (χ4v) is 3.84. The number of fused-ring (bicyclic) bond motifs is 2. The second kappa shape index (κ2) is 6.02. The lowest BCUT2D eigenvalue weighted by Crippen LogP contribution is -2.10. The van der Waals surface area contributed by atoms with Gasteiger partial charge in [-0.05, 0) is 35.6 Å². The van der Waals surface area contributed by atoms with Crippen LogP contribution in [0.15, 0.2) is 34.7 Å². The van der Waals surface area contributed by atoms with Crippen LogP contribution in [-0.2, 0) is 5.41 Å². The van der Waals surface area contributed by atoms with Crippen LogP contribution in [0.1, 0.15) is 31.9 Å². The summed E-state index contributed by atoms with van der Waals surface area (Å²) in [4.78, 5) is 19.7. The summed E-state index contributed by atoms with van der Waals surface area (Å²) in [7, 11) is 0.